The van der Waals surface area contributed by atoms with Crippen molar-refractivity contribution in [2.24, 2.45) is 0 Å². The quantitative estimate of drug-likeness (QED) is 0.155. The molecule has 0 amide bonds. The summed E-state index contributed by atoms with van der Waals surface area (Å²) in [6.07, 6.45) is 0. The maximum atomic E-state index is 2.41. The summed E-state index contributed by atoms with van der Waals surface area (Å²) >= 11 is 1.90. The van der Waals surface area contributed by atoms with Crippen molar-refractivity contribution in [2.75, 3.05) is 4.90 Å². The molecule has 0 atom stereocenters. The van der Waals surface area contributed by atoms with Crippen LogP contribution in [0.5, 0.6) is 0 Å². The lowest BCUT2D eigenvalue weighted by atomic mass is 9.82. The molecule has 12 rings (SSSR count). The zero-order chi connectivity index (χ0) is 42.1. The highest BCUT2D eigenvalue weighted by Crippen LogP contribution is 2.52. The topological polar surface area (TPSA) is 3.24 Å². The van der Waals surface area contributed by atoms with E-state index in [0.29, 0.717) is 0 Å². The minimum absolute atomic E-state index is 0.0990. The summed E-state index contributed by atoms with van der Waals surface area (Å²) in [5, 5.41) is 5.24. The molecule has 0 saturated heterocycles. The zero-order valence-electron chi connectivity index (χ0n) is 35.2. The van der Waals surface area contributed by atoms with Crippen molar-refractivity contribution in [3.63, 3.8) is 0 Å². The van der Waals surface area contributed by atoms with E-state index in [-0.39, 0.29) is 5.41 Å². The van der Waals surface area contributed by atoms with E-state index in [0.717, 1.165) is 17.1 Å². The number of rotatable bonds is 7. The van der Waals surface area contributed by atoms with Gasteiger partial charge in [-0.1, -0.05) is 196 Å². The predicted octanol–water partition coefficient (Wildman–Crippen LogP) is 17.7. The van der Waals surface area contributed by atoms with E-state index in [1.165, 1.54) is 97.7 Å². The van der Waals surface area contributed by atoms with Gasteiger partial charge in [-0.15, -0.1) is 11.3 Å². The van der Waals surface area contributed by atoms with Crippen LogP contribution >= 0.6 is 11.3 Å². The second-order valence-corrected chi connectivity index (χ2v) is 18.3. The van der Waals surface area contributed by atoms with Gasteiger partial charge in [0.2, 0.25) is 0 Å². The van der Waals surface area contributed by atoms with Crippen molar-refractivity contribution < 1.29 is 0 Å². The fourth-order valence-electron chi connectivity index (χ4n) is 10.2. The first-order valence-electron chi connectivity index (χ1n) is 21.8. The van der Waals surface area contributed by atoms with Gasteiger partial charge < -0.3 is 4.90 Å². The van der Waals surface area contributed by atoms with Crippen LogP contribution in [0.25, 0.3) is 86.6 Å². The van der Waals surface area contributed by atoms with E-state index in [2.05, 4.69) is 243 Å². The summed E-state index contributed by atoms with van der Waals surface area (Å²) in [7, 11) is 0. The van der Waals surface area contributed by atoms with E-state index in [1.807, 2.05) is 11.3 Å². The highest BCUT2D eigenvalue weighted by atomic mass is 32.1. The standard InChI is InChI=1S/C61H43NS/c1-61(2)54-23-13-11-19-49(54)50-38-37-48(39-55(50)61)62(46-33-29-42(30-34-46)40-15-5-3-6-16-40)47-35-31-43(32-36-47)41-25-27-45(28-26-41)57-51-20-9-10-21-52(51)60-59(53-22-12-14-24-56(53)63-60)58(57)44-17-7-4-8-18-44/h3-39H,1-2H3. The molecule has 0 bridgehead atoms. The van der Waals surface area contributed by atoms with Crippen molar-refractivity contribution in [2.45, 2.75) is 19.3 Å². The predicted molar refractivity (Wildman–Crippen MR) is 271 cm³/mol. The molecule has 1 aliphatic rings. The molecule has 1 heterocycles. The third-order valence-corrected chi connectivity index (χ3v) is 14.5. The Morgan fingerprint density at radius 3 is 1.48 bits per heavy atom. The molecule has 298 valence electrons. The number of fused-ring (bicyclic) bond motifs is 8. The van der Waals surface area contributed by atoms with Crippen LogP contribution in [-0.4, -0.2) is 0 Å². The number of hydrogen-bond donors (Lipinski definition) is 0. The van der Waals surface area contributed by atoms with Crippen LogP contribution in [-0.2, 0) is 5.41 Å². The van der Waals surface area contributed by atoms with Crippen molar-refractivity contribution in [1.82, 2.24) is 0 Å². The minimum Gasteiger partial charge on any atom is -0.310 e. The Hall–Kier alpha value is -7.52. The number of thiophene rings is 1. The average molecular weight is 822 g/mol. The Kier molecular flexibility index (Phi) is 8.77. The first-order chi connectivity index (χ1) is 31.0. The molecular weight excluding hydrogens is 779 g/mol. The van der Waals surface area contributed by atoms with Gasteiger partial charge >= 0.3 is 0 Å². The summed E-state index contributed by atoms with van der Waals surface area (Å²) in [4.78, 5) is 2.40. The van der Waals surface area contributed by atoms with Gasteiger partial charge in [-0.25, -0.2) is 0 Å². The normalized spacial score (nSPS) is 12.7. The molecule has 0 saturated carbocycles. The van der Waals surface area contributed by atoms with Gasteiger partial charge in [0.25, 0.3) is 0 Å². The van der Waals surface area contributed by atoms with E-state index in [1.54, 1.807) is 0 Å². The SMILES string of the molecule is CC1(C)c2ccccc2-c2ccc(N(c3ccc(-c4ccccc4)cc3)c3ccc(-c4ccc(-c5c(-c6ccccc6)c6c7ccccc7sc6c6ccccc56)cc4)cc3)cc21. The Morgan fingerprint density at radius 1 is 0.349 bits per heavy atom. The van der Waals surface area contributed by atoms with E-state index >= 15 is 0 Å². The molecule has 0 unspecified atom stereocenters. The molecule has 63 heavy (non-hydrogen) atoms. The second-order valence-electron chi connectivity index (χ2n) is 17.2. The van der Waals surface area contributed by atoms with Gasteiger partial charge in [-0.2, -0.15) is 0 Å². The monoisotopic (exact) mass is 821 g/mol. The molecule has 2 heteroatoms. The molecule has 10 aromatic carbocycles. The van der Waals surface area contributed by atoms with Crippen molar-refractivity contribution in [1.29, 1.82) is 0 Å². The van der Waals surface area contributed by atoms with Crippen LogP contribution in [0.15, 0.2) is 224 Å². The van der Waals surface area contributed by atoms with Crippen LogP contribution in [0.3, 0.4) is 0 Å². The summed E-state index contributed by atoms with van der Waals surface area (Å²) in [6.45, 7) is 4.71. The van der Waals surface area contributed by atoms with Gasteiger partial charge in [-0.3, -0.25) is 0 Å². The second kappa shape index (κ2) is 14.8. The molecule has 1 aromatic heterocycles. The summed E-state index contributed by atoms with van der Waals surface area (Å²) in [6, 6.07) is 82.6. The lowest BCUT2D eigenvalue weighted by Gasteiger charge is -2.28. The van der Waals surface area contributed by atoms with Crippen molar-refractivity contribution >= 4 is 59.3 Å². The molecule has 0 aliphatic heterocycles. The molecule has 0 N–H and O–H groups in total. The number of nitrogens with zero attached hydrogens (tertiary/aromatic N) is 1. The van der Waals surface area contributed by atoms with Crippen LogP contribution in [0.2, 0.25) is 0 Å². The van der Waals surface area contributed by atoms with Crippen molar-refractivity contribution in [3.05, 3.63) is 236 Å². The largest absolute Gasteiger partial charge is 0.310 e. The molecule has 1 aliphatic carbocycles. The third kappa shape index (κ3) is 6.13. The van der Waals surface area contributed by atoms with Gasteiger partial charge in [0.05, 0.1) is 0 Å². The minimum atomic E-state index is -0.0990. The van der Waals surface area contributed by atoms with Crippen LogP contribution < -0.4 is 4.90 Å². The third-order valence-electron chi connectivity index (χ3n) is 13.3. The van der Waals surface area contributed by atoms with Gasteiger partial charge in [-0.05, 0) is 115 Å². The Morgan fingerprint density at radius 2 is 0.810 bits per heavy atom. The average Bonchev–Trinajstić information content (AvgIpc) is 3.84. The first kappa shape index (κ1) is 37.3. The fraction of sp³-hybridized carbons (Fsp3) is 0.0492. The lowest BCUT2D eigenvalue weighted by molar-refractivity contribution is 0.660. The highest BCUT2D eigenvalue weighted by Gasteiger charge is 2.35. The van der Waals surface area contributed by atoms with Gasteiger partial charge in [0.1, 0.15) is 0 Å². The Bertz CT molecular complexity index is 3490. The smallest absolute Gasteiger partial charge is 0.0465 e. The highest BCUT2D eigenvalue weighted by molar-refractivity contribution is 7.26. The zero-order valence-corrected chi connectivity index (χ0v) is 36.0. The molecule has 0 fully saturated rings. The number of hydrogen-bond acceptors (Lipinski definition) is 2. The van der Waals surface area contributed by atoms with Crippen molar-refractivity contribution in [3.8, 4) is 55.6 Å². The summed E-state index contributed by atoms with van der Waals surface area (Å²) in [5.74, 6) is 0. The van der Waals surface area contributed by atoms with E-state index < -0.39 is 0 Å². The van der Waals surface area contributed by atoms with E-state index in [9.17, 15) is 0 Å². The van der Waals surface area contributed by atoms with Gasteiger partial charge in [0, 0.05) is 48.0 Å². The summed E-state index contributed by atoms with van der Waals surface area (Å²) in [5.41, 5.74) is 18.5. The molecule has 0 spiro atoms. The Labute approximate surface area is 372 Å². The van der Waals surface area contributed by atoms with E-state index in [4.69, 9.17) is 0 Å². The summed E-state index contributed by atoms with van der Waals surface area (Å²) < 4.78 is 2.67. The fourth-order valence-corrected chi connectivity index (χ4v) is 11.4. The maximum Gasteiger partial charge on any atom is 0.0465 e. The molecule has 1 nitrogen and oxygen atoms in total. The maximum absolute atomic E-state index is 2.41. The Balaban J connectivity index is 0.949. The van der Waals surface area contributed by atoms with Crippen LogP contribution in [0.1, 0.15) is 25.0 Å². The molecule has 11 aromatic rings. The van der Waals surface area contributed by atoms with Crippen LogP contribution in [0.4, 0.5) is 17.1 Å². The molecule has 0 radical (unpaired) electrons. The lowest BCUT2D eigenvalue weighted by Crippen LogP contribution is -2.16. The molecular formula is C61H43NS. The number of benzene rings is 10. The van der Waals surface area contributed by atoms with Crippen LogP contribution in [0, 0.1) is 0 Å². The first-order valence-corrected chi connectivity index (χ1v) is 22.7. The van der Waals surface area contributed by atoms with Gasteiger partial charge in [0.15, 0.2) is 0 Å². The number of anilines is 3.